The molecule has 0 aliphatic heterocycles. The Kier molecular flexibility index (Phi) is 4.15. The monoisotopic (exact) mass is 265 g/mol. The number of thiazole rings is 1. The van der Waals surface area contributed by atoms with Gasteiger partial charge in [-0.3, -0.25) is 4.79 Å². The number of hydrogen-bond acceptors (Lipinski definition) is 6. The minimum Gasteiger partial charge on any atom is -0.469 e. The molecule has 1 fully saturated rings. The van der Waals surface area contributed by atoms with Gasteiger partial charge in [0.2, 0.25) is 0 Å². The van der Waals surface area contributed by atoms with Gasteiger partial charge in [0.05, 0.1) is 31.7 Å². The number of aromatic nitrogens is 1. The minimum absolute atomic E-state index is 0.212. The second-order valence-corrected chi connectivity index (χ2v) is 5.04. The van der Waals surface area contributed by atoms with Gasteiger partial charge >= 0.3 is 5.97 Å². The fourth-order valence-electron chi connectivity index (χ4n) is 1.72. The van der Waals surface area contributed by atoms with Crippen molar-refractivity contribution in [3.05, 3.63) is 11.1 Å². The lowest BCUT2D eigenvalue weighted by Crippen LogP contribution is -2.26. The van der Waals surface area contributed by atoms with Crippen LogP contribution in [0.4, 0.5) is 5.13 Å². The standard InChI is InChI=1S/C12H15N3O2S/c1-17-11(16)7-9-8-18-12(14-9)15(6-2-5-13)10-3-4-10/h8,10H,2-4,6-7H2,1H3. The Morgan fingerprint density at radius 2 is 2.50 bits per heavy atom. The first-order chi connectivity index (χ1) is 8.74. The summed E-state index contributed by atoms with van der Waals surface area (Å²) in [7, 11) is 1.37. The summed E-state index contributed by atoms with van der Waals surface area (Å²) in [4.78, 5) is 17.8. The summed E-state index contributed by atoms with van der Waals surface area (Å²) in [6, 6.07) is 2.68. The molecule has 0 aromatic carbocycles. The number of methoxy groups -OCH3 is 1. The van der Waals surface area contributed by atoms with Crippen molar-refractivity contribution in [3.8, 4) is 6.07 Å². The van der Waals surface area contributed by atoms with Crippen molar-refractivity contribution in [2.45, 2.75) is 31.7 Å². The van der Waals surface area contributed by atoms with Gasteiger partial charge in [0, 0.05) is 18.0 Å². The van der Waals surface area contributed by atoms with Crippen LogP contribution in [0.1, 0.15) is 25.0 Å². The Morgan fingerprint density at radius 1 is 1.72 bits per heavy atom. The molecule has 0 amide bonds. The van der Waals surface area contributed by atoms with Gasteiger partial charge in [-0.05, 0) is 12.8 Å². The lowest BCUT2D eigenvalue weighted by molar-refractivity contribution is -0.139. The van der Waals surface area contributed by atoms with Gasteiger partial charge in [-0.15, -0.1) is 11.3 Å². The van der Waals surface area contributed by atoms with Crippen LogP contribution in [-0.2, 0) is 16.0 Å². The van der Waals surface area contributed by atoms with Crippen molar-refractivity contribution in [3.63, 3.8) is 0 Å². The zero-order valence-electron chi connectivity index (χ0n) is 10.3. The molecule has 2 rings (SSSR count). The molecular formula is C12H15N3O2S. The quantitative estimate of drug-likeness (QED) is 0.733. The van der Waals surface area contributed by atoms with Crippen LogP contribution in [0.15, 0.2) is 5.38 Å². The Bertz CT molecular complexity index is 462. The van der Waals surface area contributed by atoms with E-state index in [0.717, 1.165) is 23.7 Å². The van der Waals surface area contributed by atoms with Crippen molar-refractivity contribution in [1.29, 1.82) is 5.26 Å². The van der Waals surface area contributed by atoms with E-state index in [2.05, 4.69) is 20.7 Å². The molecule has 0 unspecified atom stereocenters. The van der Waals surface area contributed by atoms with E-state index in [4.69, 9.17) is 5.26 Å². The predicted molar refractivity (Wildman–Crippen MR) is 68.4 cm³/mol. The Balaban J connectivity index is 2.02. The summed E-state index contributed by atoms with van der Waals surface area (Å²) in [5, 5.41) is 11.5. The summed E-state index contributed by atoms with van der Waals surface area (Å²) in [6.07, 6.45) is 3.04. The minimum atomic E-state index is -0.276. The van der Waals surface area contributed by atoms with E-state index in [1.807, 2.05) is 5.38 Å². The largest absolute Gasteiger partial charge is 0.469 e. The molecule has 1 heterocycles. The summed E-state index contributed by atoms with van der Waals surface area (Å²) in [6.45, 7) is 0.715. The number of carbonyl (C=O) groups excluding carboxylic acids is 1. The van der Waals surface area contributed by atoms with Gasteiger partial charge in [-0.25, -0.2) is 4.98 Å². The third-order valence-corrected chi connectivity index (χ3v) is 3.72. The van der Waals surface area contributed by atoms with Gasteiger partial charge < -0.3 is 9.64 Å². The van der Waals surface area contributed by atoms with E-state index in [0.29, 0.717) is 19.0 Å². The molecular weight excluding hydrogens is 250 g/mol. The van der Waals surface area contributed by atoms with Crippen LogP contribution in [0.5, 0.6) is 0 Å². The Morgan fingerprint density at radius 3 is 3.11 bits per heavy atom. The summed E-state index contributed by atoms with van der Waals surface area (Å²) >= 11 is 1.53. The molecule has 0 N–H and O–H groups in total. The van der Waals surface area contributed by atoms with Gasteiger partial charge in [0.15, 0.2) is 5.13 Å². The number of rotatable bonds is 6. The maximum Gasteiger partial charge on any atom is 0.311 e. The van der Waals surface area contributed by atoms with Crippen molar-refractivity contribution < 1.29 is 9.53 Å². The van der Waals surface area contributed by atoms with Crippen LogP contribution in [0, 0.1) is 11.3 Å². The zero-order valence-corrected chi connectivity index (χ0v) is 11.1. The maximum atomic E-state index is 11.2. The summed E-state index contributed by atoms with van der Waals surface area (Å²) in [5.74, 6) is -0.276. The fourth-order valence-corrected chi connectivity index (χ4v) is 2.64. The Hall–Kier alpha value is -1.61. The molecule has 0 radical (unpaired) electrons. The molecule has 18 heavy (non-hydrogen) atoms. The molecule has 96 valence electrons. The van der Waals surface area contributed by atoms with Crippen LogP contribution >= 0.6 is 11.3 Å². The average molecular weight is 265 g/mol. The van der Waals surface area contributed by atoms with Crippen molar-refractivity contribution in [2.75, 3.05) is 18.6 Å². The van der Waals surface area contributed by atoms with Crippen molar-refractivity contribution in [2.24, 2.45) is 0 Å². The third kappa shape index (κ3) is 3.20. The van der Waals surface area contributed by atoms with Crippen molar-refractivity contribution >= 4 is 22.4 Å². The first-order valence-electron chi connectivity index (χ1n) is 5.89. The van der Waals surface area contributed by atoms with Gasteiger partial charge in [0.25, 0.3) is 0 Å². The lowest BCUT2D eigenvalue weighted by atomic mass is 10.3. The van der Waals surface area contributed by atoms with E-state index in [9.17, 15) is 4.79 Å². The highest BCUT2D eigenvalue weighted by molar-refractivity contribution is 7.13. The highest BCUT2D eigenvalue weighted by atomic mass is 32.1. The molecule has 1 saturated carbocycles. The number of nitriles is 1. The highest BCUT2D eigenvalue weighted by Crippen LogP contribution is 2.33. The first kappa shape index (κ1) is 12.8. The van der Waals surface area contributed by atoms with E-state index >= 15 is 0 Å². The number of nitrogens with zero attached hydrogens (tertiary/aromatic N) is 3. The molecule has 0 bridgehead atoms. The molecule has 0 atom stereocenters. The van der Waals surface area contributed by atoms with Crippen molar-refractivity contribution in [1.82, 2.24) is 4.98 Å². The third-order valence-electron chi connectivity index (χ3n) is 2.79. The summed E-state index contributed by atoms with van der Waals surface area (Å²) in [5.41, 5.74) is 0.740. The number of carbonyl (C=O) groups is 1. The molecule has 5 nitrogen and oxygen atoms in total. The summed E-state index contributed by atoms with van der Waals surface area (Å²) < 4.78 is 4.62. The highest BCUT2D eigenvalue weighted by Gasteiger charge is 2.30. The van der Waals surface area contributed by atoms with Crippen LogP contribution < -0.4 is 4.90 Å². The lowest BCUT2D eigenvalue weighted by Gasteiger charge is -2.19. The number of esters is 1. The smallest absolute Gasteiger partial charge is 0.311 e. The van der Waals surface area contributed by atoms with Gasteiger partial charge in [0.1, 0.15) is 0 Å². The van der Waals surface area contributed by atoms with Crippen LogP contribution in [-0.4, -0.2) is 30.6 Å². The Labute approximate surface area is 110 Å². The fraction of sp³-hybridized carbons (Fsp3) is 0.583. The average Bonchev–Trinajstić information content (AvgIpc) is 3.11. The number of hydrogen-bond donors (Lipinski definition) is 0. The SMILES string of the molecule is COC(=O)Cc1csc(N(CCC#N)C2CC2)n1. The topological polar surface area (TPSA) is 66.2 Å². The molecule has 1 aromatic heterocycles. The predicted octanol–water partition coefficient (Wildman–Crippen LogP) is 1.74. The van der Waals surface area contributed by atoms with Gasteiger partial charge in [-0.2, -0.15) is 5.26 Å². The van der Waals surface area contributed by atoms with Crippen LogP contribution in [0.2, 0.25) is 0 Å². The molecule has 6 heteroatoms. The number of anilines is 1. The molecule has 1 aliphatic rings. The van der Waals surface area contributed by atoms with Crippen LogP contribution in [0.25, 0.3) is 0 Å². The molecule has 0 spiro atoms. The molecule has 1 aromatic rings. The second-order valence-electron chi connectivity index (χ2n) is 4.21. The first-order valence-corrected chi connectivity index (χ1v) is 6.77. The normalized spacial score (nSPS) is 14.0. The molecule has 0 saturated heterocycles. The van der Waals surface area contributed by atoms with E-state index in [1.165, 1.54) is 18.4 Å². The maximum absolute atomic E-state index is 11.2. The number of ether oxygens (including phenoxy) is 1. The van der Waals surface area contributed by atoms with Gasteiger partial charge in [-0.1, -0.05) is 0 Å². The molecule has 1 aliphatic carbocycles. The van der Waals surface area contributed by atoms with E-state index < -0.39 is 0 Å². The van der Waals surface area contributed by atoms with E-state index in [1.54, 1.807) is 0 Å². The zero-order chi connectivity index (χ0) is 13.0. The second kappa shape index (κ2) is 5.83. The van der Waals surface area contributed by atoms with E-state index in [-0.39, 0.29) is 12.4 Å². The van der Waals surface area contributed by atoms with Crippen LogP contribution in [0.3, 0.4) is 0 Å².